The Morgan fingerprint density at radius 2 is 2.36 bits per heavy atom. The molecule has 0 saturated heterocycles. The van der Waals surface area contributed by atoms with Gasteiger partial charge in [0.25, 0.3) is 0 Å². The smallest absolute Gasteiger partial charge is 0.229 e. The van der Waals surface area contributed by atoms with E-state index in [0.717, 1.165) is 29.6 Å². The molecule has 0 aromatic carbocycles. The molecule has 1 aliphatic rings. The van der Waals surface area contributed by atoms with Crippen molar-refractivity contribution in [1.29, 1.82) is 0 Å². The van der Waals surface area contributed by atoms with Crippen LogP contribution in [0.4, 0.5) is 0 Å². The van der Waals surface area contributed by atoms with Gasteiger partial charge in [-0.25, -0.2) is 0 Å². The first kappa shape index (κ1) is 9.98. The molecule has 0 unspecified atom stereocenters. The molecule has 1 N–H and O–H groups in total. The Bertz CT molecular complexity index is 286. The summed E-state index contributed by atoms with van der Waals surface area (Å²) in [5.74, 6) is 3.87. The van der Waals surface area contributed by atoms with Crippen LogP contribution >= 0.6 is 11.8 Å². The van der Waals surface area contributed by atoms with Crippen molar-refractivity contribution in [2.24, 2.45) is 0 Å². The van der Waals surface area contributed by atoms with Gasteiger partial charge in [0, 0.05) is 12.5 Å². The standard InChI is InChI=1S/C9H14N2O2S/c12-4-1-5-14-6-8-10-9(13-11-8)7-2-3-7/h7,12H,1-6H2. The molecule has 5 heteroatoms. The molecule has 1 aromatic heterocycles. The minimum absolute atomic E-state index is 0.257. The Hall–Kier alpha value is -0.550. The molecule has 1 aromatic rings. The van der Waals surface area contributed by atoms with Gasteiger partial charge in [-0.1, -0.05) is 5.16 Å². The maximum Gasteiger partial charge on any atom is 0.229 e. The summed E-state index contributed by atoms with van der Waals surface area (Å²) < 4.78 is 5.12. The van der Waals surface area contributed by atoms with Crippen molar-refractivity contribution >= 4 is 11.8 Å². The first-order chi connectivity index (χ1) is 6.90. The molecule has 0 spiro atoms. The molecule has 1 saturated carbocycles. The van der Waals surface area contributed by atoms with Crippen LogP contribution in [0.3, 0.4) is 0 Å². The SMILES string of the molecule is OCCCSCc1noc(C2CC2)n1. The molecule has 2 rings (SSSR count). The molecular formula is C9H14N2O2S. The summed E-state index contributed by atoms with van der Waals surface area (Å²) in [7, 11) is 0. The molecule has 0 atom stereocenters. The summed E-state index contributed by atoms with van der Waals surface area (Å²) in [6.45, 7) is 0.257. The lowest BCUT2D eigenvalue weighted by Crippen LogP contribution is -1.89. The van der Waals surface area contributed by atoms with Gasteiger partial charge in [-0.15, -0.1) is 0 Å². The molecule has 1 heterocycles. The molecular weight excluding hydrogens is 200 g/mol. The minimum atomic E-state index is 0.257. The van der Waals surface area contributed by atoms with Crippen molar-refractivity contribution in [3.05, 3.63) is 11.7 Å². The molecule has 0 radical (unpaired) electrons. The third-order valence-corrected chi connectivity index (χ3v) is 3.13. The average molecular weight is 214 g/mol. The minimum Gasteiger partial charge on any atom is -0.396 e. The molecule has 4 nitrogen and oxygen atoms in total. The fraction of sp³-hybridized carbons (Fsp3) is 0.778. The largest absolute Gasteiger partial charge is 0.396 e. The van der Waals surface area contributed by atoms with Crippen LogP contribution in [0.25, 0.3) is 0 Å². The Morgan fingerprint density at radius 1 is 1.50 bits per heavy atom. The van der Waals surface area contributed by atoms with Crippen molar-refractivity contribution in [2.75, 3.05) is 12.4 Å². The first-order valence-electron chi connectivity index (χ1n) is 4.91. The van der Waals surface area contributed by atoms with E-state index >= 15 is 0 Å². The summed E-state index contributed by atoms with van der Waals surface area (Å²) in [5, 5.41) is 12.5. The summed E-state index contributed by atoms with van der Waals surface area (Å²) in [5.41, 5.74) is 0. The molecule has 1 aliphatic carbocycles. The van der Waals surface area contributed by atoms with E-state index in [1.165, 1.54) is 12.8 Å². The zero-order chi connectivity index (χ0) is 9.80. The Balaban J connectivity index is 1.72. The number of hydrogen-bond donors (Lipinski definition) is 1. The number of aliphatic hydroxyl groups is 1. The van der Waals surface area contributed by atoms with Gasteiger partial charge in [-0.3, -0.25) is 0 Å². The van der Waals surface area contributed by atoms with Gasteiger partial charge < -0.3 is 9.63 Å². The molecule has 0 amide bonds. The van der Waals surface area contributed by atoms with Crippen LogP contribution in [0.5, 0.6) is 0 Å². The zero-order valence-electron chi connectivity index (χ0n) is 7.98. The molecule has 1 fully saturated rings. The number of rotatable bonds is 6. The second kappa shape index (κ2) is 4.79. The normalized spacial score (nSPS) is 16.1. The van der Waals surface area contributed by atoms with E-state index < -0.39 is 0 Å². The van der Waals surface area contributed by atoms with Gasteiger partial charge in [0.2, 0.25) is 5.89 Å². The highest BCUT2D eigenvalue weighted by atomic mass is 32.2. The molecule has 14 heavy (non-hydrogen) atoms. The summed E-state index contributed by atoms with van der Waals surface area (Å²) in [6, 6.07) is 0. The highest BCUT2D eigenvalue weighted by molar-refractivity contribution is 7.98. The van der Waals surface area contributed by atoms with Crippen LogP contribution < -0.4 is 0 Å². The number of nitrogens with zero attached hydrogens (tertiary/aromatic N) is 2. The monoisotopic (exact) mass is 214 g/mol. The van der Waals surface area contributed by atoms with E-state index in [1.54, 1.807) is 11.8 Å². The van der Waals surface area contributed by atoms with E-state index in [1.807, 2.05) is 0 Å². The average Bonchev–Trinajstić information content (AvgIpc) is 2.94. The Labute approximate surface area is 87.1 Å². The van der Waals surface area contributed by atoms with Crippen LogP contribution in [-0.2, 0) is 5.75 Å². The fourth-order valence-electron chi connectivity index (χ4n) is 1.15. The van der Waals surface area contributed by atoms with Crippen LogP contribution in [0.2, 0.25) is 0 Å². The third kappa shape index (κ3) is 2.72. The van der Waals surface area contributed by atoms with E-state index in [2.05, 4.69) is 10.1 Å². The highest BCUT2D eigenvalue weighted by Crippen LogP contribution is 2.38. The second-order valence-corrected chi connectivity index (χ2v) is 4.56. The van der Waals surface area contributed by atoms with Crippen LogP contribution in [-0.4, -0.2) is 27.6 Å². The summed E-state index contributed by atoms with van der Waals surface area (Å²) in [6.07, 6.45) is 3.22. The van der Waals surface area contributed by atoms with Gasteiger partial charge in [-0.05, 0) is 25.0 Å². The van der Waals surface area contributed by atoms with E-state index in [9.17, 15) is 0 Å². The lowest BCUT2D eigenvalue weighted by molar-refractivity contribution is 0.296. The highest BCUT2D eigenvalue weighted by Gasteiger charge is 2.29. The topological polar surface area (TPSA) is 59.2 Å². The van der Waals surface area contributed by atoms with Gasteiger partial charge in [-0.2, -0.15) is 16.7 Å². The Kier molecular flexibility index (Phi) is 3.42. The van der Waals surface area contributed by atoms with Gasteiger partial charge >= 0.3 is 0 Å². The van der Waals surface area contributed by atoms with Crippen molar-refractivity contribution < 1.29 is 9.63 Å². The maximum atomic E-state index is 8.59. The summed E-state index contributed by atoms with van der Waals surface area (Å²) in [4.78, 5) is 4.31. The van der Waals surface area contributed by atoms with Crippen molar-refractivity contribution in [3.8, 4) is 0 Å². The van der Waals surface area contributed by atoms with E-state index in [-0.39, 0.29) is 6.61 Å². The van der Waals surface area contributed by atoms with Gasteiger partial charge in [0.15, 0.2) is 5.82 Å². The molecule has 0 aliphatic heterocycles. The predicted octanol–water partition coefficient (Wildman–Crippen LogP) is 1.56. The zero-order valence-corrected chi connectivity index (χ0v) is 8.79. The van der Waals surface area contributed by atoms with Crippen LogP contribution in [0, 0.1) is 0 Å². The van der Waals surface area contributed by atoms with E-state index in [4.69, 9.17) is 9.63 Å². The molecule has 0 bridgehead atoms. The summed E-state index contributed by atoms with van der Waals surface area (Å²) >= 11 is 1.73. The van der Waals surface area contributed by atoms with Crippen LogP contribution in [0.1, 0.15) is 36.9 Å². The quantitative estimate of drug-likeness (QED) is 0.728. The van der Waals surface area contributed by atoms with Gasteiger partial charge in [0.05, 0.1) is 5.75 Å². The van der Waals surface area contributed by atoms with Crippen molar-refractivity contribution in [2.45, 2.75) is 30.9 Å². The predicted molar refractivity (Wildman–Crippen MR) is 54.1 cm³/mol. The number of hydrogen-bond acceptors (Lipinski definition) is 5. The molecule has 78 valence electrons. The number of thioether (sulfide) groups is 1. The lowest BCUT2D eigenvalue weighted by atomic mass is 10.4. The third-order valence-electron chi connectivity index (χ3n) is 2.09. The Morgan fingerprint density at radius 3 is 3.07 bits per heavy atom. The number of aliphatic hydroxyl groups excluding tert-OH is 1. The lowest BCUT2D eigenvalue weighted by Gasteiger charge is -1.93. The van der Waals surface area contributed by atoms with Crippen molar-refractivity contribution in [1.82, 2.24) is 10.1 Å². The van der Waals surface area contributed by atoms with E-state index in [0.29, 0.717) is 5.92 Å². The first-order valence-corrected chi connectivity index (χ1v) is 6.06. The second-order valence-electron chi connectivity index (χ2n) is 3.45. The van der Waals surface area contributed by atoms with Gasteiger partial charge in [0.1, 0.15) is 0 Å². The number of aromatic nitrogens is 2. The van der Waals surface area contributed by atoms with Crippen molar-refractivity contribution in [3.63, 3.8) is 0 Å². The maximum absolute atomic E-state index is 8.59. The fourth-order valence-corrected chi connectivity index (χ4v) is 1.93. The van der Waals surface area contributed by atoms with Crippen LogP contribution in [0.15, 0.2) is 4.52 Å².